The Kier molecular flexibility index (Phi) is 12.0. The molecular formula is C21H35NO9P2. The molecular weight excluding hydrogens is 472 g/mol. The Labute approximate surface area is 195 Å². The Balaban J connectivity index is 3.57. The Bertz CT molecular complexity index is 815. The Morgan fingerprint density at radius 1 is 0.879 bits per heavy atom. The molecule has 188 valence electrons. The fraction of sp³-hybridized carbons (Fsp3) is 0.619. The van der Waals surface area contributed by atoms with Gasteiger partial charge in [0.25, 0.3) is 5.91 Å². The first-order chi connectivity index (χ1) is 15.6. The lowest BCUT2D eigenvalue weighted by Gasteiger charge is -2.36. The van der Waals surface area contributed by atoms with Crippen molar-refractivity contribution in [3.8, 4) is 0 Å². The van der Waals surface area contributed by atoms with Crippen molar-refractivity contribution in [2.45, 2.75) is 52.0 Å². The van der Waals surface area contributed by atoms with Crippen molar-refractivity contribution in [2.75, 3.05) is 33.5 Å². The van der Waals surface area contributed by atoms with Crippen LogP contribution in [0.5, 0.6) is 0 Å². The lowest BCUT2D eigenvalue weighted by atomic mass is 9.98. The van der Waals surface area contributed by atoms with Gasteiger partial charge in [-0.25, -0.2) is 4.79 Å². The summed E-state index contributed by atoms with van der Waals surface area (Å²) < 4.78 is 54.4. The van der Waals surface area contributed by atoms with Crippen molar-refractivity contribution in [3.05, 3.63) is 35.9 Å². The summed E-state index contributed by atoms with van der Waals surface area (Å²) in [4.78, 5) is 25.7. The standard InChI is InChI=1S/C21H35NO9P2/c1-7-28-32(25,29-8-2)18(33(26,30-9-3)31-10-4)16-21(5,20(24)27-6)22-19(23)17-14-12-11-13-15-17/h11-15,18H,7-10,16H2,1-6H3,(H,22,23). The predicted molar refractivity (Wildman–Crippen MR) is 124 cm³/mol. The van der Waals surface area contributed by atoms with Gasteiger partial charge in [0.1, 0.15) is 5.54 Å². The highest BCUT2D eigenvalue weighted by atomic mass is 31.2. The molecule has 0 spiro atoms. The number of hydrogen-bond donors (Lipinski definition) is 1. The SMILES string of the molecule is CCOP(=O)(OCC)C(CC(C)(NC(=O)c1ccccc1)C(=O)OC)P(=O)(OCC)OCC. The molecule has 0 aliphatic heterocycles. The van der Waals surface area contributed by atoms with Crippen LogP contribution >= 0.6 is 15.2 Å². The summed E-state index contributed by atoms with van der Waals surface area (Å²) >= 11 is 0. The van der Waals surface area contributed by atoms with Crippen LogP contribution in [0.25, 0.3) is 0 Å². The number of esters is 1. The van der Waals surface area contributed by atoms with Crippen molar-refractivity contribution < 1.29 is 41.6 Å². The zero-order valence-electron chi connectivity index (χ0n) is 20.1. The van der Waals surface area contributed by atoms with E-state index in [-0.39, 0.29) is 26.4 Å². The highest BCUT2D eigenvalue weighted by Crippen LogP contribution is 2.72. The second-order valence-electron chi connectivity index (χ2n) is 7.08. The number of carbonyl (C=O) groups is 2. The van der Waals surface area contributed by atoms with E-state index < -0.39 is 44.4 Å². The van der Waals surface area contributed by atoms with E-state index in [1.165, 1.54) is 6.92 Å². The van der Waals surface area contributed by atoms with Gasteiger partial charge in [-0.3, -0.25) is 13.9 Å². The van der Waals surface area contributed by atoms with E-state index in [0.717, 1.165) is 7.11 Å². The predicted octanol–water partition coefficient (Wildman–Crippen LogP) is 4.60. The van der Waals surface area contributed by atoms with Gasteiger partial charge in [0.15, 0.2) is 5.40 Å². The van der Waals surface area contributed by atoms with Gasteiger partial charge in [0.2, 0.25) is 0 Å². The molecule has 1 aromatic rings. The molecule has 0 bridgehead atoms. The van der Waals surface area contributed by atoms with Crippen LogP contribution in [0.15, 0.2) is 30.3 Å². The van der Waals surface area contributed by atoms with Gasteiger partial charge in [-0.1, -0.05) is 18.2 Å². The minimum atomic E-state index is -4.14. The van der Waals surface area contributed by atoms with E-state index in [0.29, 0.717) is 5.56 Å². The molecule has 0 aromatic heterocycles. The summed E-state index contributed by atoms with van der Waals surface area (Å²) in [5.74, 6) is -1.41. The second kappa shape index (κ2) is 13.4. The number of ether oxygens (including phenoxy) is 1. The molecule has 0 saturated carbocycles. The van der Waals surface area contributed by atoms with Crippen LogP contribution in [0.3, 0.4) is 0 Å². The number of rotatable bonds is 15. The number of amides is 1. The zero-order chi connectivity index (χ0) is 25.1. The minimum Gasteiger partial charge on any atom is -0.467 e. The summed E-state index contributed by atoms with van der Waals surface area (Å²) in [7, 11) is -7.14. The van der Waals surface area contributed by atoms with Crippen molar-refractivity contribution in [1.82, 2.24) is 5.32 Å². The molecule has 1 unspecified atom stereocenters. The molecule has 1 rings (SSSR count). The van der Waals surface area contributed by atoms with E-state index in [2.05, 4.69) is 5.32 Å². The van der Waals surface area contributed by atoms with Gasteiger partial charge < -0.3 is 28.1 Å². The molecule has 1 atom stereocenters. The molecule has 1 N–H and O–H groups in total. The molecule has 0 heterocycles. The van der Waals surface area contributed by atoms with Gasteiger partial charge in [-0.15, -0.1) is 0 Å². The minimum absolute atomic E-state index is 0.0165. The zero-order valence-corrected chi connectivity index (χ0v) is 21.9. The van der Waals surface area contributed by atoms with Gasteiger partial charge in [-0.05, 0) is 46.8 Å². The monoisotopic (exact) mass is 507 g/mol. The molecule has 10 nitrogen and oxygen atoms in total. The highest BCUT2D eigenvalue weighted by Gasteiger charge is 2.55. The van der Waals surface area contributed by atoms with E-state index in [4.69, 9.17) is 22.8 Å². The number of benzene rings is 1. The van der Waals surface area contributed by atoms with Crippen LogP contribution in [0, 0.1) is 0 Å². The third-order valence-electron chi connectivity index (χ3n) is 4.62. The maximum Gasteiger partial charge on any atom is 0.345 e. The third kappa shape index (κ3) is 7.74. The molecule has 0 saturated heterocycles. The third-order valence-corrected chi connectivity index (χ3v) is 10.6. The van der Waals surface area contributed by atoms with Crippen molar-refractivity contribution in [3.63, 3.8) is 0 Å². The van der Waals surface area contributed by atoms with Crippen molar-refractivity contribution >= 4 is 27.1 Å². The fourth-order valence-corrected chi connectivity index (χ4v) is 8.86. The van der Waals surface area contributed by atoms with Crippen LogP contribution in [-0.2, 0) is 36.8 Å². The number of carbonyl (C=O) groups excluding carboxylic acids is 2. The molecule has 0 radical (unpaired) electrons. The summed E-state index contributed by atoms with van der Waals surface area (Å²) in [6.45, 7) is 7.73. The lowest BCUT2D eigenvalue weighted by Crippen LogP contribution is -2.54. The molecule has 0 aliphatic rings. The van der Waals surface area contributed by atoms with Gasteiger partial charge >= 0.3 is 21.2 Å². The molecule has 0 fully saturated rings. The maximum absolute atomic E-state index is 13.8. The van der Waals surface area contributed by atoms with E-state index >= 15 is 0 Å². The second-order valence-corrected chi connectivity index (χ2v) is 11.9. The number of nitrogens with one attached hydrogen (secondary N) is 1. The number of hydrogen-bond acceptors (Lipinski definition) is 9. The first-order valence-corrected chi connectivity index (χ1v) is 14.0. The normalized spacial score (nSPS) is 14.0. The molecule has 1 amide bonds. The Morgan fingerprint density at radius 2 is 1.30 bits per heavy atom. The van der Waals surface area contributed by atoms with E-state index in [1.807, 2.05) is 0 Å². The largest absolute Gasteiger partial charge is 0.467 e. The quantitative estimate of drug-likeness (QED) is 0.268. The maximum atomic E-state index is 13.8. The first kappa shape index (κ1) is 29.5. The van der Waals surface area contributed by atoms with E-state index in [9.17, 15) is 18.7 Å². The molecule has 12 heteroatoms. The highest BCUT2D eigenvalue weighted by molar-refractivity contribution is 7.72. The van der Waals surface area contributed by atoms with Crippen LogP contribution in [0.2, 0.25) is 0 Å². The molecule has 0 aliphatic carbocycles. The van der Waals surface area contributed by atoms with E-state index in [1.54, 1.807) is 58.0 Å². The molecule has 1 aromatic carbocycles. The average molecular weight is 507 g/mol. The van der Waals surface area contributed by atoms with Gasteiger partial charge in [0, 0.05) is 12.0 Å². The van der Waals surface area contributed by atoms with Crippen LogP contribution in [-0.4, -0.2) is 56.4 Å². The molecule has 33 heavy (non-hydrogen) atoms. The Hall–Kier alpha value is -1.54. The summed E-state index contributed by atoms with van der Waals surface area (Å²) in [6, 6.07) is 8.23. The average Bonchev–Trinajstić information content (AvgIpc) is 2.78. The fourth-order valence-electron chi connectivity index (χ4n) is 3.22. The van der Waals surface area contributed by atoms with Crippen LogP contribution < -0.4 is 5.32 Å². The Morgan fingerprint density at radius 3 is 1.67 bits per heavy atom. The van der Waals surface area contributed by atoms with Crippen LogP contribution in [0.1, 0.15) is 51.4 Å². The first-order valence-electron chi connectivity index (χ1n) is 10.8. The smallest absolute Gasteiger partial charge is 0.345 e. The summed E-state index contributed by atoms with van der Waals surface area (Å²) in [6.07, 6.45) is -0.452. The van der Waals surface area contributed by atoms with Crippen molar-refractivity contribution in [2.24, 2.45) is 0 Å². The topological polar surface area (TPSA) is 126 Å². The summed E-state index contributed by atoms with van der Waals surface area (Å²) in [5, 5.41) is 1.12. The van der Waals surface area contributed by atoms with Gasteiger partial charge in [0.05, 0.1) is 33.5 Å². The summed E-state index contributed by atoms with van der Waals surface area (Å²) in [5.41, 5.74) is -1.47. The van der Waals surface area contributed by atoms with Crippen molar-refractivity contribution in [1.29, 1.82) is 0 Å². The lowest BCUT2D eigenvalue weighted by molar-refractivity contribution is -0.147. The number of methoxy groups -OCH3 is 1. The van der Waals surface area contributed by atoms with Crippen LogP contribution in [0.4, 0.5) is 0 Å². The van der Waals surface area contributed by atoms with Gasteiger partial charge in [-0.2, -0.15) is 0 Å².